The maximum atomic E-state index is 14.1. The van der Waals surface area contributed by atoms with E-state index in [2.05, 4.69) is 0 Å². The third-order valence-electron chi connectivity index (χ3n) is 3.56. The van der Waals surface area contributed by atoms with Crippen molar-refractivity contribution < 1.29 is 13.9 Å². The second-order valence-electron chi connectivity index (χ2n) is 6.68. The minimum Gasteiger partial charge on any atom is -0.444 e. The molecule has 5 nitrogen and oxygen atoms in total. The fraction of sp³-hybridized carbons (Fsp3) is 0.562. The predicted molar refractivity (Wildman–Crippen MR) is 85.4 cm³/mol. The van der Waals surface area contributed by atoms with Crippen LogP contribution in [0, 0.1) is 5.82 Å². The molecule has 6 heteroatoms. The van der Waals surface area contributed by atoms with E-state index in [-0.39, 0.29) is 18.0 Å². The molecule has 2 N–H and O–H groups in total. The van der Waals surface area contributed by atoms with Gasteiger partial charge in [0.1, 0.15) is 11.4 Å². The minimum atomic E-state index is -0.513. The van der Waals surface area contributed by atoms with Crippen LogP contribution in [0.5, 0.6) is 0 Å². The van der Waals surface area contributed by atoms with Crippen molar-refractivity contribution in [3.05, 3.63) is 24.0 Å². The van der Waals surface area contributed by atoms with Crippen LogP contribution < -0.4 is 10.6 Å². The number of nitrogens with zero attached hydrogens (tertiary/aromatic N) is 2. The Bertz CT molecular complexity index is 557. The monoisotopic (exact) mass is 309 g/mol. The Kier molecular flexibility index (Phi) is 4.49. The standard InChI is InChI=1S/C16H24FN3O2/c1-11-10-19(15(21)22-16(2,3)4)7-8-20(11)14-6-5-12(18)9-13(14)17/h5-6,9,11H,7-8,10,18H2,1-4H3. The minimum absolute atomic E-state index is 0.000562. The Labute approximate surface area is 130 Å². The van der Waals surface area contributed by atoms with E-state index in [1.807, 2.05) is 32.6 Å². The van der Waals surface area contributed by atoms with Gasteiger partial charge in [-0.05, 0) is 45.9 Å². The molecule has 22 heavy (non-hydrogen) atoms. The number of halogens is 1. The van der Waals surface area contributed by atoms with Gasteiger partial charge in [-0.2, -0.15) is 0 Å². The number of carbonyl (C=O) groups excluding carboxylic acids is 1. The summed E-state index contributed by atoms with van der Waals surface area (Å²) in [6, 6.07) is 4.69. The van der Waals surface area contributed by atoms with E-state index in [1.54, 1.807) is 17.0 Å². The highest BCUT2D eigenvalue weighted by molar-refractivity contribution is 5.69. The highest BCUT2D eigenvalue weighted by atomic mass is 19.1. The molecule has 0 saturated carbocycles. The van der Waals surface area contributed by atoms with E-state index in [0.717, 1.165) is 0 Å². The number of piperazine rings is 1. The summed E-state index contributed by atoms with van der Waals surface area (Å²) in [7, 11) is 0. The van der Waals surface area contributed by atoms with Crippen LogP contribution >= 0.6 is 0 Å². The number of anilines is 2. The lowest BCUT2D eigenvalue weighted by Gasteiger charge is -2.41. The molecule has 1 saturated heterocycles. The first-order valence-corrected chi connectivity index (χ1v) is 7.47. The maximum Gasteiger partial charge on any atom is 0.410 e. The second-order valence-corrected chi connectivity index (χ2v) is 6.68. The van der Waals surface area contributed by atoms with Gasteiger partial charge in [0.15, 0.2) is 0 Å². The molecule has 1 aliphatic rings. The Hall–Kier alpha value is -1.98. The van der Waals surface area contributed by atoms with Crippen LogP contribution in [0.4, 0.5) is 20.6 Å². The molecule has 1 fully saturated rings. The molecule has 1 amide bonds. The number of nitrogens with two attached hydrogens (primary N) is 1. The molecule has 1 heterocycles. The van der Waals surface area contributed by atoms with Gasteiger partial charge >= 0.3 is 6.09 Å². The van der Waals surface area contributed by atoms with Crippen LogP contribution in [0.25, 0.3) is 0 Å². The van der Waals surface area contributed by atoms with Crippen molar-refractivity contribution in [3.63, 3.8) is 0 Å². The number of nitrogen functional groups attached to an aromatic ring is 1. The van der Waals surface area contributed by atoms with Crippen LogP contribution in [-0.2, 0) is 4.74 Å². The van der Waals surface area contributed by atoms with Crippen molar-refractivity contribution in [1.29, 1.82) is 0 Å². The summed E-state index contributed by atoms with van der Waals surface area (Å²) in [6.45, 7) is 9.05. The molecule has 122 valence electrons. The average Bonchev–Trinajstić information content (AvgIpc) is 2.37. The van der Waals surface area contributed by atoms with Gasteiger partial charge in [-0.25, -0.2) is 9.18 Å². The van der Waals surface area contributed by atoms with Crippen LogP contribution in [0.1, 0.15) is 27.7 Å². The topological polar surface area (TPSA) is 58.8 Å². The van der Waals surface area contributed by atoms with Gasteiger partial charge in [-0.3, -0.25) is 0 Å². The zero-order chi connectivity index (χ0) is 16.5. The lowest BCUT2D eigenvalue weighted by Crippen LogP contribution is -2.54. The Morgan fingerprint density at radius 3 is 2.59 bits per heavy atom. The van der Waals surface area contributed by atoms with Crippen molar-refractivity contribution in [2.24, 2.45) is 0 Å². The molecule has 0 aliphatic carbocycles. The molecule has 1 aliphatic heterocycles. The quantitative estimate of drug-likeness (QED) is 0.810. The zero-order valence-electron chi connectivity index (χ0n) is 13.6. The van der Waals surface area contributed by atoms with E-state index < -0.39 is 5.60 Å². The smallest absolute Gasteiger partial charge is 0.410 e. The summed E-state index contributed by atoms with van der Waals surface area (Å²) in [4.78, 5) is 15.7. The first-order valence-electron chi connectivity index (χ1n) is 7.47. The lowest BCUT2D eigenvalue weighted by atomic mass is 10.1. The molecule has 0 spiro atoms. The second kappa shape index (κ2) is 6.02. The third kappa shape index (κ3) is 3.81. The summed E-state index contributed by atoms with van der Waals surface area (Å²) in [6.07, 6.45) is -0.322. The third-order valence-corrected chi connectivity index (χ3v) is 3.56. The van der Waals surface area contributed by atoms with Crippen molar-refractivity contribution in [1.82, 2.24) is 4.90 Å². The largest absolute Gasteiger partial charge is 0.444 e. The zero-order valence-corrected chi connectivity index (χ0v) is 13.6. The van der Waals surface area contributed by atoms with E-state index in [1.165, 1.54) is 6.07 Å². The summed E-state index contributed by atoms with van der Waals surface area (Å²) >= 11 is 0. The van der Waals surface area contributed by atoms with Gasteiger partial charge in [0, 0.05) is 31.4 Å². The molecule has 1 unspecified atom stereocenters. The van der Waals surface area contributed by atoms with Gasteiger partial charge in [-0.15, -0.1) is 0 Å². The van der Waals surface area contributed by atoms with Gasteiger partial charge in [-0.1, -0.05) is 0 Å². The Balaban J connectivity index is 2.05. The van der Waals surface area contributed by atoms with Gasteiger partial charge in [0.05, 0.1) is 5.69 Å². The predicted octanol–water partition coefficient (Wildman–Crippen LogP) is 2.85. The molecule has 0 aromatic heterocycles. The molecular weight excluding hydrogens is 285 g/mol. The Morgan fingerprint density at radius 1 is 1.36 bits per heavy atom. The number of benzene rings is 1. The van der Waals surface area contributed by atoms with E-state index >= 15 is 0 Å². The molecule has 1 atom stereocenters. The summed E-state index contributed by atoms with van der Waals surface area (Å²) in [5, 5.41) is 0. The first-order chi connectivity index (χ1) is 10.2. The molecule has 1 aromatic carbocycles. The SMILES string of the molecule is CC1CN(C(=O)OC(C)(C)C)CCN1c1ccc(N)cc1F. The van der Waals surface area contributed by atoms with Crippen LogP contribution in [-0.4, -0.2) is 42.3 Å². The molecular formula is C16H24FN3O2. The molecule has 0 bridgehead atoms. The molecule has 1 aromatic rings. The fourth-order valence-corrected chi connectivity index (χ4v) is 2.56. The normalized spacial score (nSPS) is 19.2. The number of rotatable bonds is 1. The van der Waals surface area contributed by atoms with E-state index in [9.17, 15) is 9.18 Å². The number of carbonyl (C=O) groups is 1. The van der Waals surface area contributed by atoms with E-state index in [4.69, 9.17) is 10.5 Å². The number of ether oxygens (including phenoxy) is 1. The van der Waals surface area contributed by atoms with Crippen molar-refractivity contribution >= 4 is 17.5 Å². The van der Waals surface area contributed by atoms with E-state index in [0.29, 0.717) is 31.0 Å². The Morgan fingerprint density at radius 2 is 2.05 bits per heavy atom. The van der Waals surface area contributed by atoms with Crippen molar-refractivity contribution in [2.75, 3.05) is 30.3 Å². The maximum absolute atomic E-state index is 14.1. The average molecular weight is 309 g/mol. The highest BCUT2D eigenvalue weighted by Crippen LogP contribution is 2.26. The molecule has 0 radical (unpaired) electrons. The number of amides is 1. The highest BCUT2D eigenvalue weighted by Gasteiger charge is 2.30. The first kappa shape index (κ1) is 16.4. The van der Waals surface area contributed by atoms with Gasteiger partial charge < -0.3 is 20.3 Å². The van der Waals surface area contributed by atoms with Crippen LogP contribution in [0.15, 0.2) is 18.2 Å². The fourth-order valence-electron chi connectivity index (χ4n) is 2.56. The van der Waals surface area contributed by atoms with Crippen molar-refractivity contribution in [3.8, 4) is 0 Å². The lowest BCUT2D eigenvalue weighted by molar-refractivity contribution is 0.0218. The summed E-state index contributed by atoms with van der Waals surface area (Å²) in [5.41, 5.74) is 5.99. The summed E-state index contributed by atoms with van der Waals surface area (Å²) < 4.78 is 19.4. The number of hydrogen-bond donors (Lipinski definition) is 1. The van der Waals surface area contributed by atoms with Gasteiger partial charge in [0.25, 0.3) is 0 Å². The molecule has 2 rings (SSSR count). The van der Waals surface area contributed by atoms with Gasteiger partial charge in [0.2, 0.25) is 0 Å². The summed E-state index contributed by atoms with van der Waals surface area (Å²) in [5.74, 6) is -0.336. The van der Waals surface area contributed by atoms with Crippen LogP contribution in [0.2, 0.25) is 0 Å². The van der Waals surface area contributed by atoms with Crippen molar-refractivity contribution in [2.45, 2.75) is 39.3 Å². The van der Waals surface area contributed by atoms with Crippen LogP contribution in [0.3, 0.4) is 0 Å². The number of hydrogen-bond acceptors (Lipinski definition) is 4.